The second kappa shape index (κ2) is 4.16. The summed E-state index contributed by atoms with van der Waals surface area (Å²) in [5, 5.41) is 0. The highest BCUT2D eigenvalue weighted by Crippen LogP contribution is 2.28. The molecule has 0 aliphatic heterocycles. The van der Waals surface area contributed by atoms with Crippen LogP contribution in [0.25, 0.3) is 0 Å². The van der Waals surface area contributed by atoms with Crippen LogP contribution in [0.1, 0.15) is 39.8 Å². The second-order valence-electron chi connectivity index (χ2n) is 5.30. The number of hydrogen-bond donors (Lipinski definition) is 0. The second-order valence-corrected chi connectivity index (χ2v) is 5.30. The predicted octanol–water partition coefficient (Wildman–Crippen LogP) is 3.03. The average molecular weight is 194 g/mol. The van der Waals surface area contributed by atoms with Gasteiger partial charge in [-0.3, -0.25) is 0 Å². The maximum Gasteiger partial charge on any atom is 0.0945 e. The number of nitrogens with zero attached hydrogens (tertiary/aromatic N) is 2. The predicted molar refractivity (Wildman–Crippen MR) is 60.1 cm³/mol. The lowest BCUT2D eigenvalue weighted by molar-refractivity contribution is 0.246. The van der Waals surface area contributed by atoms with Gasteiger partial charge in [0.25, 0.3) is 0 Å². The standard InChI is InChI=1S/C12H22N2/c1-10(12(2,3)4)6-7-11-8-13-9-14(11)5/h8-10H,6-7H2,1-5H3. The van der Waals surface area contributed by atoms with Crippen molar-refractivity contribution >= 4 is 0 Å². The van der Waals surface area contributed by atoms with E-state index in [0.717, 1.165) is 12.3 Å². The van der Waals surface area contributed by atoms with Crippen molar-refractivity contribution in [3.8, 4) is 0 Å². The van der Waals surface area contributed by atoms with Gasteiger partial charge >= 0.3 is 0 Å². The summed E-state index contributed by atoms with van der Waals surface area (Å²) in [5.41, 5.74) is 1.75. The fourth-order valence-electron chi connectivity index (χ4n) is 1.42. The highest BCUT2D eigenvalue weighted by atomic mass is 15.0. The summed E-state index contributed by atoms with van der Waals surface area (Å²) in [5.74, 6) is 0.748. The maximum atomic E-state index is 4.12. The highest BCUT2D eigenvalue weighted by Gasteiger charge is 2.19. The zero-order valence-corrected chi connectivity index (χ0v) is 10.0. The van der Waals surface area contributed by atoms with Crippen LogP contribution in [0.15, 0.2) is 12.5 Å². The van der Waals surface area contributed by atoms with Crippen LogP contribution >= 0.6 is 0 Å². The Labute approximate surface area is 87.4 Å². The summed E-state index contributed by atoms with van der Waals surface area (Å²) in [6.45, 7) is 9.25. The Kier molecular flexibility index (Phi) is 3.35. The monoisotopic (exact) mass is 194 g/mol. The van der Waals surface area contributed by atoms with Crippen LogP contribution < -0.4 is 0 Å². The van der Waals surface area contributed by atoms with Gasteiger partial charge in [-0.25, -0.2) is 4.98 Å². The molecule has 1 unspecified atom stereocenters. The Morgan fingerprint density at radius 2 is 2.07 bits per heavy atom. The Bertz CT molecular complexity index is 281. The number of aromatic nitrogens is 2. The maximum absolute atomic E-state index is 4.12. The molecule has 0 fully saturated rings. The number of aryl methyl sites for hydroxylation is 2. The van der Waals surface area contributed by atoms with Gasteiger partial charge in [-0.15, -0.1) is 0 Å². The molecule has 2 heteroatoms. The first-order valence-corrected chi connectivity index (χ1v) is 5.36. The summed E-state index contributed by atoms with van der Waals surface area (Å²) in [4.78, 5) is 4.12. The van der Waals surface area contributed by atoms with E-state index in [4.69, 9.17) is 0 Å². The summed E-state index contributed by atoms with van der Waals surface area (Å²) < 4.78 is 2.11. The Hall–Kier alpha value is -0.790. The minimum Gasteiger partial charge on any atom is -0.338 e. The lowest BCUT2D eigenvalue weighted by Crippen LogP contribution is -2.18. The number of rotatable bonds is 3. The van der Waals surface area contributed by atoms with Crippen LogP contribution in [0.5, 0.6) is 0 Å². The van der Waals surface area contributed by atoms with Crippen LogP contribution in [0.2, 0.25) is 0 Å². The van der Waals surface area contributed by atoms with E-state index in [-0.39, 0.29) is 0 Å². The third-order valence-electron chi connectivity index (χ3n) is 3.23. The van der Waals surface area contributed by atoms with Gasteiger partial charge in [0, 0.05) is 18.9 Å². The third-order valence-corrected chi connectivity index (χ3v) is 3.23. The molecule has 1 atom stereocenters. The zero-order valence-electron chi connectivity index (χ0n) is 10.0. The summed E-state index contributed by atoms with van der Waals surface area (Å²) in [6.07, 6.45) is 6.21. The van der Waals surface area contributed by atoms with Crippen LogP contribution in [0, 0.1) is 11.3 Å². The molecule has 14 heavy (non-hydrogen) atoms. The lowest BCUT2D eigenvalue weighted by atomic mass is 9.79. The fraction of sp³-hybridized carbons (Fsp3) is 0.750. The van der Waals surface area contributed by atoms with E-state index >= 15 is 0 Å². The molecule has 0 radical (unpaired) electrons. The van der Waals surface area contributed by atoms with E-state index < -0.39 is 0 Å². The molecule has 2 nitrogen and oxygen atoms in total. The third kappa shape index (κ3) is 2.86. The normalized spacial score (nSPS) is 14.4. The highest BCUT2D eigenvalue weighted by molar-refractivity contribution is 4.97. The molecule has 1 heterocycles. The zero-order chi connectivity index (χ0) is 10.8. The van der Waals surface area contributed by atoms with Crippen molar-refractivity contribution in [2.45, 2.75) is 40.5 Å². The van der Waals surface area contributed by atoms with E-state index in [1.54, 1.807) is 0 Å². The molecule has 0 aliphatic carbocycles. The van der Waals surface area contributed by atoms with E-state index in [9.17, 15) is 0 Å². The number of imidazole rings is 1. The largest absolute Gasteiger partial charge is 0.338 e. The van der Waals surface area contributed by atoms with Crippen molar-refractivity contribution < 1.29 is 0 Å². The number of hydrogen-bond acceptors (Lipinski definition) is 1. The van der Waals surface area contributed by atoms with Gasteiger partial charge in [-0.1, -0.05) is 27.7 Å². The van der Waals surface area contributed by atoms with Crippen molar-refractivity contribution in [3.05, 3.63) is 18.2 Å². The Morgan fingerprint density at radius 1 is 1.43 bits per heavy atom. The Balaban J connectivity index is 2.46. The van der Waals surface area contributed by atoms with Gasteiger partial charge in [-0.2, -0.15) is 0 Å². The van der Waals surface area contributed by atoms with Crippen molar-refractivity contribution in [1.82, 2.24) is 9.55 Å². The first-order valence-electron chi connectivity index (χ1n) is 5.36. The minimum atomic E-state index is 0.415. The topological polar surface area (TPSA) is 17.8 Å². The molecule has 1 aromatic heterocycles. The van der Waals surface area contributed by atoms with Gasteiger partial charge in [0.1, 0.15) is 0 Å². The van der Waals surface area contributed by atoms with Crippen LogP contribution in [0.4, 0.5) is 0 Å². The molecular weight excluding hydrogens is 172 g/mol. The van der Waals surface area contributed by atoms with Crippen molar-refractivity contribution in [2.24, 2.45) is 18.4 Å². The summed E-state index contributed by atoms with van der Waals surface area (Å²) in [6, 6.07) is 0. The lowest BCUT2D eigenvalue weighted by Gasteiger charge is -2.27. The van der Waals surface area contributed by atoms with Crippen LogP contribution in [0.3, 0.4) is 0 Å². The van der Waals surface area contributed by atoms with E-state index in [0.29, 0.717) is 5.41 Å². The van der Waals surface area contributed by atoms with E-state index in [1.807, 2.05) is 12.5 Å². The van der Waals surface area contributed by atoms with Gasteiger partial charge in [0.2, 0.25) is 0 Å². The summed E-state index contributed by atoms with van der Waals surface area (Å²) in [7, 11) is 2.06. The molecule has 80 valence electrons. The molecule has 0 N–H and O–H groups in total. The molecule has 0 saturated carbocycles. The molecule has 1 rings (SSSR count). The van der Waals surface area contributed by atoms with Crippen LogP contribution in [-0.2, 0) is 13.5 Å². The summed E-state index contributed by atoms with van der Waals surface area (Å²) >= 11 is 0. The van der Waals surface area contributed by atoms with Crippen molar-refractivity contribution in [3.63, 3.8) is 0 Å². The van der Waals surface area contributed by atoms with Crippen molar-refractivity contribution in [1.29, 1.82) is 0 Å². The first kappa shape index (κ1) is 11.3. The molecule has 0 aromatic carbocycles. The van der Waals surface area contributed by atoms with Gasteiger partial charge in [-0.05, 0) is 24.2 Å². The minimum absolute atomic E-state index is 0.415. The quantitative estimate of drug-likeness (QED) is 0.723. The molecular formula is C12H22N2. The fourth-order valence-corrected chi connectivity index (χ4v) is 1.42. The molecule has 0 spiro atoms. The average Bonchev–Trinajstić information content (AvgIpc) is 2.45. The van der Waals surface area contributed by atoms with Gasteiger partial charge in [0.15, 0.2) is 0 Å². The smallest absolute Gasteiger partial charge is 0.0945 e. The molecule has 0 aliphatic rings. The SMILES string of the molecule is CC(CCc1cncn1C)C(C)(C)C. The van der Waals surface area contributed by atoms with Crippen molar-refractivity contribution in [2.75, 3.05) is 0 Å². The first-order chi connectivity index (χ1) is 6.41. The molecule has 0 bridgehead atoms. The van der Waals surface area contributed by atoms with Gasteiger partial charge in [0.05, 0.1) is 6.33 Å². The molecule has 0 saturated heterocycles. The van der Waals surface area contributed by atoms with Gasteiger partial charge < -0.3 is 4.57 Å². The molecule has 1 aromatic rings. The van der Waals surface area contributed by atoms with E-state index in [2.05, 4.69) is 44.3 Å². The van der Waals surface area contributed by atoms with E-state index in [1.165, 1.54) is 12.1 Å². The molecule has 0 amide bonds. The van der Waals surface area contributed by atoms with Crippen LogP contribution in [-0.4, -0.2) is 9.55 Å². The Morgan fingerprint density at radius 3 is 2.50 bits per heavy atom.